The molecule has 0 saturated heterocycles. The van der Waals surface area contributed by atoms with E-state index >= 15 is 0 Å². The Morgan fingerprint density at radius 3 is 2.69 bits per heavy atom. The van der Waals surface area contributed by atoms with Crippen molar-refractivity contribution in [3.63, 3.8) is 0 Å². The van der Waals surface area contributed by atoms with Crippen LogP contribution in [-0.4, -0.2) is 21.7 Å². The molecule has 0 bridgehead atoms. The van der Waals surface area contributed by atoms with E-state index < -0.39 is 5.91 Å². The van der Waals surface area contributed by atoms with Crippen LogP contribution in [0.25, 0.3) is 10.9 Å². The van der Waals surface area contributed by atoms with Gasteiger partial charge in [0.1, 0.15) is 5.15 Å². The summed E-state index contributed by atoms with van der Waals surface area (Å²) in [6.45, 7) is 0.631. The van der Waals surface area contributed by atoms with Gasteiger partial charge < -0.3 is 4.57 Å². The Morgan fingerprint density at radius 2 is 1.86 bits per heavy atom. The van der Waals surface area contributed by atoms with Gasteiger partial charge in [0.25, 0.3) is 5.91 Å². The van der Waals surface area contributed by atoms with Gasteiger partial charge in [-0.2, -0.15) is 5.10 Å². The fourth-order valence-corrected chi connectivity index (χ4v) is 3.50. The number of carbonyl (C=O) groups is 1. The monoisotopic (exact) mass is 422 g/mol. The van der Waals surface area contributed by atoms with Crippen LogP contribution in [0.15, 0.2) is 78.2 Å². The number of para-hydroxylation sites is 1. The maximum absolute atomic E-state index is 12.2. The Hall–Kier alpha value is -3.15. The molecule has 4 aromatic rings. The average Bonchev–Trinajstić information content (AvgIpc) is 3.08. The number of aromatic nitrogens is 2. The summed E-state index contributed by atoms with van der Waals surface area (Å²) >= 11 is 12.3. The molecule has 0 aliphatic heterocycles. The smallest absolute Gasteiger partial charge is 0.274 e. The highest BCUT2D eigenvalue weighted by molar-refractivity contribution is 6.32. The lowest BCUT2D eigenvalue weighted by atomic mass is 10.2. The standard InChI is InChI=1S/C22H16Cl2N4O/c23-19-9-3-1-6-15(19)13-28-14-16(17-7-2-4-10-20(17)28)12-26-27-22(29)18-8-5-11-25-21(18)24/h1-12,14H,13H2,(H,27,29). The van der Waals surface area contributed by atoms with E-state index in [4.69, 9.17) is 23.2 Å². The summed E-state index contributed by atoms with van der Waals surface area (Å²) < 4.78 is 2.11. The molecule has 0 spiro atoms. The first-order valence-electron chi connectivity index (χ1n) is 8.88. The highest BCUT2D eigenvalue weighted by atomic mass is 35.5. The minimum absolute atomic E-state index is 0.136. The van der Waals surface area contributed by atoms with Crippen molar-refractivity contribution in [3.05, 3.63) is 99.9 Å². The van der Waals surface area contributed by atoms with Gasteiger partial charge in [-0.1, -0.05) is 59.6 Å². The number of amides is 1. The van der Waals surface area contributed by atoms with Gasteiger partial charge in [0, 0.05) is 40.4 Å². The predicted molar refractivity (Wildman–Crippen MR) is 117 cm³/mol. The normalized spacial score (nSPS) is 11.2. The number of carbonyl (C=O) groups excluding carboxylic acids is 1. The second-order valence-electron chi connectivity index (χ2n) is 6.36. The molecule has 0 radical (unpaired) electrons. The van der Waals surface area contributed by atoms with Crippen LogP contribution in [0, 0.1) is 0 Å². The Kier molecular flexibility index (Phi) is 5.60. The van der Waals surface area contributed by atoms with Gasteiger partial charge in [0.2, 0.25) is 0 Å². The van der Waals surface area contributed by atoms with Crippen LogP contribution in [0.4, 0.5) is 0 Å². The van der Waals surface area contributed by atoms with Gasteiger partial charge >= 0.3 is 0 Å². The van der Waals surface area contributed by atoms with Crippen molar-refractivity contribution in [2.75, 3.05) is 0 Å². The van der Waals surface area contributed by atoms with E-state index in [1.165, 1.54) is 6.20 Å². The number of hydrazone groups is 1. The molecule has 5 nitrogen and oxygen atoms in total. The largest absolute Gasteiger partial charge is 0.342 e. The van der Waals surface area contributed by atoms with Crippen LogP contribution in [0.2, 0.25) is 10.2 Å². The molecular formula is C22H16Cl2N4O. The van der Waals surface area contributed by atoms with E-state index in [-0.39, 0.29) is 10.7 Å². The van der Waals surface area contributed by atoms with Crippen molar-refractivity contribution in [2.24, 2.45) is 5.10 Å². The van der Waals surface area contributed by atoms with Gasteiger partial charge in [-0.25, -0.2) is 10.4 Å². The van der Waals surface area contributed by atoms with E-state index in [1.54, 1.807) is 18.3 Å². The topological polar surface area (TPSA) is 59.3 Å². The molecule has 0 aliphatic carbocycles. The zero-order valence-electron chi connectivity index (χ0n) is 15.2. The Labute approximate surface area is 177 Å². The van der Waals surface area contributed by atoms with E-state index in [9.17, 15) is 4.79 Å². The number of nitrogens with zero attached hydrogens (tertiary/aromatic N) is 3. The summed E-state index contributed by atoms with van der Waals surface area (Å²) in [6, 6.07) is 19.0. The fraction of sp³-hybridized carbons (Fsp3) is 0.0455. The molecule has 4 rings (SSSR count). The van der Waals surface area contributed by atoms with Crippen LogP contribution in [-0.2, 0) is 6.54 Å². The third-order valence-corrected chi connectivity index (χ3v) is 5.16. The van der Waals surface area contributed by atoms with Crippen molar-refractivity contribution in [1.29, 1.82) is 0 Å². The van der Waals surface area contributed by atoms with Crippen LogP contribution < -0.4 is 5.43 Å². The Morgan fingerprint density at radius 1 is 1.07 bits per heavy atom. The quantitative estimate of drug-likeness (QED) is 0.274. The maximum Gasteiger partial charge on any atom is 0.274 e. The Balaban J connectivity index is 1.59. The lowest BCUT2D eigenvalue weighted by Crippen LogP contribution is -2.18. The molecule has 1 amide bonds. The summed E-state index contributed by atoms with van der Waals surface area (Å²) in [6.07, 6.45) is 5.13. The third kappa shape index (κ3) is 4.16. The van der Waals surface area contributed by atoms with Crippen LogP contribution in [0.5, 0.6) is 0 Å². The van der Waals surface area contributed by atoms with Crippen molar-refractivity contribution >= 4 is 46.2 Å². The van der Waals surface area contributed by atoms with Crippen molar-refractivity contribution in [3.8, 4) is 0 Å². The third-order valence-electron chi connectivity index (χ3n) is 4.49. The average molecular weight is 423 g/mol. The minimum atomic E-state index is -0.417. The molecule has 2 heterocycles. The lowest BCUT2D eigenvalue weighted by molar-refractivity contribution is 0.0955. The SMILES string of the molecule is O=C(NN=Cc1cn(Cc2ccccc2Cl)c2ccccc12)c1cccnc1Cl. The minimum Gasteiger partial charge on any atom is -0.342 e. The predicted octanol–water partition coefficient (Wildman–Crippen LogP) is 5.16. The number of halogens is 2. The molecule has 0 aliphatic rings. The fourth-order valence-electron chi connectivity index (χ4n) is 3.10. The number of benzene rings is 2. The summed E-state index contributed by atoms with van der Waals surface area (Å²) in [7, 11) is 0. The first-order valence-corrected chi connectivity index (χ1v) is 9.64. The molecule has 0 atom stereocenters. The number of hydrogen-bond acceptors (Lipinski definition) is 3. The van der Waals surface area contributed by atoms with E-state index in [1.807, 2.05) is 54.7 Å². The number of hydrogen-bond donors (Lipinski definition) is 1. The van der Waals surface area contributed by atoms with E-state index in [0.717, 1.165) is 27.1 Å². The number of pyridine rings is 1. The number of rotatable bonds is 5. The van der Waals surface area contributed by atoms with E-state index in [0.29, 0.717) is 6.54 Å². The van der Waals surface area contributed by atoms with Crippen LogP contribution >= 0.6 is 23.2 Å². The number of fused-ring (bicyclic) bond motifs is 1. The first-order chi connectivity index (χ1) is 14.1. The number of nitrogens with one attached hydrogen (secondary N) is 1. The van der Waals surface area contributed by atoms with Crippen molar-refractivity contribution in [2.45, 2.75) is 6.54 Å². The molecule has 29 heavy (non-hydrogen) atoms. The lowest BCUT2D eigenvalue weighted by Gasteiger charge is -2.07. The summed E-state index contributed by atoms with van der Waals surface area (Å²) in [4.78, 5) is 16.1. The second-order valence-corrected chi connectivity index (χ2v) is 7.13. The highest BCUT2D eigenvalue weighted by Gasteiger charge is 2.11. The molecule has 2 aromatic heterocycles. The molecule has 2 aromatic carbocycles. The van der Waals surface area contributed by atoms with Gasteiger partial charge in [0.15, 0.2) is 0 Å². The summed E-state index contributed by atoms with van der Waals surface area (Å²) in [5.74, 6) is -0.417. The second kappa shape index (κ2) is 8.47. The zero-order valence-corrected chi connectivity index (χ0v) is 16.7. The van der Waals surface area contributed by atoms with Gasteiger partial charge in [-0.15, -0.1) is 0 Å². The zero-order chi connectivity index (χ0) is 20.2. The van der Waals surface area contributed by atoms with Crippen molar-refractivity contribution in [1.82, 2.24) is 15.0 Å². The summed E-state index contributed by atoms with van der Waals surface area (Å²) in [5, 5.41) is 5.98. The Bertz CT molecular complexity index is 1220. The molecular weight excluding hydrogens is 407 g/mol. The molecule has 1 N–H and O–H groups in total. The maximum atomic E-state index is 12.2. The van der Waals surface area contributed by atoms with Crippen LogP contribution in [0.1, 0.15) is 21.5 Å². The molecule has 144 valence electrons. The van der Waals surface area contributed by atoms with E-state index in [2.05, 4.69) is 20.1 Å². The van der Waals surface area contributed by atoms with Crippen LogP contribution in [0.3, 0.4) is 0 Å². The van der Waals surface area contributed by atoms with Gasteiger partial charge in [0.05, 0.1) is 11.8 Å². The first kappa shape index (κ1) is 19.2. The molecule has 0 fully saturated rings. The van der Waals surface area contributed by atoms with Crippen molar-refractivity contribution < 1.29 is 4.79 Å². The van der Waals surface area contributed by atoms with Gasteiger partial charge in [-0.05, 0) is 29.8 Å². The highest BCUT2D eigenvalue weighted by Crippen LogP contribution is 2.23. The summed E-state index contributed by atoms with van der Waals surface area (Å²) in [5.41, 5.74) is 5.72. The molecule has 0 unspecified atom stereocenters. The molecule has 0 saturated carbocycles. The molecule has 7 heteroatoms. The van der Waals surface area contributed by atoms with Gasteiger partial charge in [-0.3, -0.25) is 4.79 Å².